The quantitative estimate of drug-likeness (QED) is 0.270. The van der Waals surface area contributed by atoms with Gasteiger partial charge in [0.1, 0.15) is 5.75 Å². The van der Waals surface area contributed by atoms with Gasteiger partial charge in [0.2, 0.25) is 5.78 Å². The van der Waals surface area contributed by atoms with Crippen LogP contribution in [0.1, 0.15) is 45.3 Å². The number of Topliss-reactive ketones (excluding diaryl/α,β-unsaturated/α-hetero) is 1. The van der Waals surface area contributed by atoms with E-state index in [1.165, 1.54) is 18.2 Å². The third kappa shape index (κ3) is 5.04. The van der Waals surface area contributed by atoms with Crippen LogP contribution in [0.4, 0.5) is 5.69 Å². The van der Waals surface area contributed by atoms with Crippen LogP contribution in [-0.4, -0.2) is 41.8 Å². The van der Waals surface area contributed by atoms with E-state index in [-0.39, 0.29) is 35.6 Å². The number of sulfone groups is 1. The van der Waals surface area contributed by atoms with Crippen LogP contribution in [0.15, 0.2) is 54.6 Å². The van der Waals surface area contributed by atoms with Gasteiger partial charge in [-0.3, -0.25) is 14.9 Å². The Morgan fingerprint density at radius 3 is 2.53 bits per heavy atom. The third-order valence-electron chi connectivity index (χ3n) is 6.21. The van der Waals surface area contributed by atoms with E-state index in [0.29, 0.717) is 29.7 Å². The van der Waals surface area contributed by atoms with Gasteiger partial charge in [0.05, 0.1) is 16.4 Å². The summed E-state index contributed by atoms with van der Waals surface area (Å²) in [6, 6.07) is 15.5. The molecule has 8 nitrogen and oxygen atoms in total. The van der Waals surface area contributed by atoms with Crippen molar-refractivity contribution in [1.82, 2.24) is 4.57 Å². The highest BCUT2D eigenvalue weighted by molar-refractivity contribution is 7.91. The minimum atomic E-state index is -3.05. The van der Waals surface area contributed by atoms with Crippen molar-refractivity contribution in [2.24, 2.45) is 0 Å². The lowest BCUT2D eigenvalue weighted by Crippen LogP contribution is -2.16. The van der Waals surface area contributed by atoms with E-state index in [2.05, 4.69) is 0 Å². The molecule has 1 fully saturated rings. The fraction of sp³-hybridized carbons (Fsp3) is 0.320. The maximum atomic E-state index is 13.0. The van der Waals surface area contributed by atoms with Gasteiger partial charge in [-0.1, -0.05) is 30.3 Å². The highest BCUT2D eigenvalue weighted by atomic mass is 32.2. The van der Waals surface area contributed by atoms with E-state index in [0.717, 1.165) is 17.0 Å². The lowest BCUT2D eigenvalue weighted by atomic mass is 10.0. The molecule has 2 aromatic carbocycles. The molecule has 1 aliphatic rings. The number of aryl methyl sites for hydroxylation is 1. The molecule has 0 N–H and O–H groups in total. The van der Waals surface area contributed by atoms with Crippen molar-refractivity contribution in [2.45, 2.75) is 32.7 Å². The molecule has 3 aromatic rings. The number of ether oxygens (including phenoxy) is 1. The monoisotopic (exact) mass is 482 g/mol. The van der Waals surface area contributed by atoms with Crippen LogP contribution in [-0.2, 0) is 16.3 Å². The molecular weight excluding hydrogens is 456 g/mol. The Labute approximate surface area is 198 Å². The van der Waals surface area contributed by atoms with Crippen LogP contribution in [0.5, 0.6) is 5.75 Å². The minimum Gasteiger partial charge on any atom is -0.485 e. The Kier molecular flexibility index (Phi) is 6.56. The number of rotatable bonds is 8. The number of hydrogen-bond donors (Lipinski definition) is 0. The molecule has 0 aliphatic carbocycles. The van der Waals surface area contributed by atoms with E-state index >= 15 is 0 Å². The Bertz CT molecular complexity index is 1350. The zero-order valence-electron chi connectivity index (χ0n) is 19.1. The van der Waals surface area contributed by atoms with Gasteiger partial charge in [-0.15, -0.1) is 0 Å². The predicted octanol–water partition coefficient (Wildman–Crippen LogP) is 4.23. The highest BCUT2D eigenvalue weighted by Crippen LogP contribution is 2.30. The average Bonchev–Trinajstić information content (AvgIpc) is 3.30. The minimum absolute atomic E-state index is 0.0420. The second-order valence-corrected chi connectivity index (χ2v) is 10.9. The third-order valence-corrected chi connectivity index (χ3v) is 7.96. The normalized spacial score (nSPS) is 16.9. The number of aromatic nitrogens is 1. The second kappa shape index (κ2) is 9.42. The number of nitro groups is 1. The molecule has 0 saturated carbocycles. The Morgan fingerprint density at radius 1 is 1.15 bits per heavy atom. The Morgan fingerprint density at radius 2 is 1.88 bits per heavy atom. The summed E-state index contributed by atoms with van der Waals surface area (Å²) in [6.07, 6.45) is 0.963. The molecule has 1 aliphatic heterocycles. The summed E-state index contributed by atoms with van der Waals surface area (Å²) >= 11 is 0. The van der Waals surface area contributed by atoms with E-state index in [4.69, 9.17) is 4.74 Å². The molecule has 2 heterocycles. The molecule has 1 saturated heterocycles. The van der Waals surface area contributed by atoms with Crippen LogP contribution in [0.25, 0.3) is 0 Å². The highest BCUT2D eigenvalue weighted by Gasteiger charge is 2.31. The summed E-state index contributed by atoms with van der Waals surface area (Å²) in [5.41, 5.74) is 3.60. The predicted molar refractivity (Wildman–Crippen MR) is 128 cm³/mol. The topological polar surface area (TPSA) is 109 Å². The van der Waals surface area contributed by atoms with Crippen molar-refractivity contribution in [3.8, 4) is 5.75 Å². The number of hydrogen-bond acceptors (Lipinski definition) is 6. The number of carbonyl (C=O) groups is 1. The summed E-state index contributed by atoms with van der Waals surface area (Å²) < 4.78 is 31.6. The Balaban J connectivity index is 1.54. The van der Waals surface area contributed by atoms with Gasteiger partial charge in [0, 0.05) is 47.1 Å². The van der Waals surface area contributed by atoms with Crippen molar-refractivity contribution in [2.75, 3.05) is 18.1 Å². The molecule has 178 valence electrons. The van der Waals surface area contributed by atoms with Crippen LogP contribution in [0.3, 0.4) is 0 Å². The first-order valence-corrected chi connectivity index (χ1v) is 12.8. The molecule has 1 unspecified atom stereocenters. The van der Waals surface area contributed by atoms with Crippen LogP contribution in [0, 0.1) is 24.0 Å². The zero-order chi connectivity index (χ0) is 24.5. The second-order valence-electron chi connectivity index (χ2n) is 8.64. The zero-order valence-corrected chi connectivity index (χ0v) is 19.9. The van der Waals surface area contributed by atoms with E-state index < -0.39 is 14.8 Å². The maximum absolute atomic E-state index is 13.0. The summed E-state index contributed by atoms with van der Waals surface area (Å²) in [5, 5.41) is 11.3. The molecule has 9 heteroatoms. The molecule has 1 atom stereocenters. The lowest BCUT2D eigenvalue weighted by molar-refractivity contribution is -0.384. The van der Waals surface area contributed by atoms with Crippen molar-refractivity contribution in [3.63, 3.8) is 0 Å². The standard InChI is InChI=1S/C25H26N2O6S/c1-17-12-23(18(2)26(17)22-10-11-34(31,32)16-22)24(28)15-33-25-9-8-21(27(29)30)14-20(25)13-19-6-4-3-5-7-19/h3-9,12,14,22H,10-11,13,15-16H2,1-2H3. The van der Waals surface area contributed by atoms with E-state index in [1.807, 2.05) is 48.7 Å². The number of nitrogens with zero attached hydrogens (tertiary/aromatic N) is 2. The molecule has 0 amide bonds. The van der Waals surface area contributed by atoms with E-state index in [1.54, 1.807) is 6.07 Å². The number of carbonyl (C=O) groups excluding carboxylic acids is 1. The van der Waals surface area contributed by atoms with Gasteiger partial charge in [-0.2, -0.15) is 0 Å². The lowest BCUT2D eigenvalue weighted by Gasteiger charge is -2.16. The fourth-order valence-electron chi connectivity index (χ4n) is 4.60. The number of benzene rings is 2. The van der Waals surface area contributed by atoms with Gasteiger partial charge in [-0.05, 0) is 38.0 Å². The smallest absolute Gasteiger partial charge is 0.269 e. The first-order valence-electron chi connectivity index (χ1n) is 11.0. The van der Waals surface area contributed by atoms with Gasteiger partial charge < -0.3 is 9.30 Å². The molecule has 0 bridgehead atoms. The molecule has 0 spiro atoms. The first-order chi connectivity index (χ1) is 16.1. The summed E-state index contributed by atoms with van der Waals surface area (Å²) in [7, 11) is -3.05. The summed E-state index contributed by atoms with van der Waals surface area (Å²) in [4.78, 5) is 23.8. The Hall–Kier alpha value is -3.46. The van der Waals surface area contributed by atoms with Gasteiger partial charge in [-0.25, -0.2) is 8.42 Å². The molecular formula is C25H26N2O6S. The number of ketones is 1. The molecule has 34 heavy (non-hydrogen) atoms. The average molecular weight is 483 g/mol. The van der Waals surface area contributed by atoms with Crippen molar-refractivity contribution >= 4 is 21.3 Å². The van der Waals surface area contributed by atoms with Gasteiger partial charge in [0.25, 0.3) is 5.69 Å². The summed E-state index contributed by atoms with van der Waals surface area (Å²) in [5.74, 6) is 0.424. The molecule has 1 aromatic heterocycles. The molecule has 4 rings (SSSR count). The maximum Gasteiger partial charge on any atom is 0.269 e. The van der Waals surface area contributed by atoms with Crippen LogP contribution < -0.4 is 4.74 Å². The fourth-order valence-corrected chi connectivity index (χ4v) is 6.30. The number of non-ortho nitro benzene ring substituents is 1. The van der Waals surface area contributed by atoms with Crippen molar-refractivity contribution in [3.05, 3.63) is 92.8 Å². The van der Waals surface area contributed by atoms with Crippen LogP contribution in [0.2, 0.25) is 0 Å². The first kappa shape index (κ1) is 23.7. The largest absolute Gasteiger partial charge is 0.485 e. The van der Waals surface area contributed by atoms with E-state index in [9.17, 15) is 23.3 Å². The summed E-state index contributed by atoms with van der Waals surface area (Å²) in [6.45, 7) is 3.45. The van der Waals surface area contributed by atoms with Gasteiger partial charge >= 0.3 is 0 Å². The molecule has 0 radical (unpaired) electrons. The van der Waals surface area contributed by atoms with Crippen molar-refractivity contribution in [1.29, 1.82) is 0 Å². The van der Waals surface area contributed by atoms with Gasteiger partial charge in [0.15, 0.2) is 16.4 Å². The van der Waals surface area contributed by atoms with Crippen LogP contribution >= 0.6 is 0 Å². The van der Waals surface area contributed by atoms with Crippen molar-refractivity contribution < 1.29 is 22.9 Å². The number of nitro benzene ring substituents is 1. The SMILES string of the molecule is Cc1cc(C(=O)COc2ccc([N+](=O)[O-])cc2Cc2ccccc2)c(C)n1C1CCS(=O)(=O)C1.